The van der Waals surface area contributed by atoms with E-state index in [1.165, 1.54) is 18.2 Å². The molecule has 4 nitrogen and oxygen atoms in total. The van der Waals surface area contributed by atoms with Crippen molar-refractivity contribution in [1.29, 1.82) is 0 Å². The van der Waals surface area contributed by atoms with Crippen LogP contribution in [0.25, 0.3) is 0 Å². The van der Waals surface area contributed by atoms with Crippen LogP contribution in [0.4, 0.5) is 5.69 Å². The Bertz CT molecular complexity index is 743. The summed E-state index contributed by atoms with van der Waals surface area (Å²) in [5.41, 5.74) is 4.43. The molecule has 0 aliphatic carbocycles. The van der Waals surface area contributed by atoms with Crippen molar-refractivity contribution in [2.45, 2.75) is 19.6 Å². The van der Waals surface area contributed by atoms with Crippen molar-refractivity contribution in [2.24, 2.45) is 0 Å². The zero-order valence-corrected chi connectivity index (χ0v) is 14.9. The Balaban J connectivity index is 1.92. The van der Waals surface area contributed by atoms with Crippen molar-refractivity contribution in [3.05, 3.63) is 64.7 Å². The molecule has 0 aliphatic heterocycles. The molecule has 0 unspecified atom stereocenters. The number of methoxy groups -OCH3 is 1. The number of hydrogen-bond acceptors (Lipinski definition) is 4. The van der Waals surface area contributed by atoms with Gasteiger partial charge in [0, 0.05) is 11.4 Å². The molecule has 126 valence electrons. The maximum atomic E-state index is 12.1. The molecule has 1 N–H and O–H groups in total. The van der Waals surface area contributed by atoms with Crippen LogP contribution in [0.5, 0.6) is 0 Å². The Labute approximate surface area is 146 Å². The highest BCUT2D eigenvalue weighted by Crippen LogP contribution is 2.19. The Morgan fingerprint density at radius 1 is 1.08 bits per heavy atom. The molecular weight excluding hydrogens is 322 g/mol. The van der Waals surface area contributed by atoms with Gasteiger partial charge in [-0.25, -0.2) is 4.79 Å². The SMILES string of the molecule is COC(=O)c1ccc(C)c(NC(=O)CSCc2ccccc2C)c1. The molecule has 0 radical (unpaired) electrons. The number of nitrogens with one attached hydrogen (secondary N) is 1. The molecule has 0 atom stereocenters. The van der Waals surface area contributed by atoms with Crippen LogP contribution in [0.2, 0.25) is 0 Å². The number of carbonyl (C=O) groups excluding carboxylic acids is 2. The van der Waals surface area contributed by atoms with E-state index in [-0.39, 0.29) is 5.91 Å². The van der Waals surface area contributed by atoms with E-state index in [1.807, 2.05) is 19.1 Å². The lowest BCUT2D eigenvalue weighted by molar-refractivity contribution is -0.113. The number of esters is 1. The molecule has 24 heavy (non-hydrogen) atoms. The molecule has 2 aromatic carbocycles. The number of hydrogen-bond donors (Lipinski definition) is 1. The van der Waals surface area contributed by atoms with Gasteiger partial charge in [0.05, 0.1) is 18.4 Å². The summed E-state index contributed by atoms with van der Waals surface area (Å²) in [4.78, 5) is 23.7. The fraction of sp³-hybridized carbons (Fsp3) is 0.263. The summed E-state index contributed by atoms with van der Waals surface area (Å²) in [6.07, 6.45) is 0. The lowest BCUT2D eigenvalue weighted by Crippen LogP contribution is -2.15. The van der Waals surface area contributed by atoms with Crippen LogP contribution >= 0.6 is 11.8 Å². The van der Waals surface area contributed by atoms with Gasteiger partial charge in [-0.2, -0.15) is 0 Å². The number of ether oxygens (including phenoxy) is 1. The zero-order valence-electron chi connectivity index (χ0n) is 14.1. The molecule has 2 rings (SSSR count). The molecule has 0 saturated heterocycles. The molecule has 0 bridgehead atoms. The first-order valence-electron chi connectivity index (χ1n) is 7.62. The van der Waals surface area contributed by atoms with Crippen LogP contribution in [0.15, 0.2) is 42.5 Å². The second-order valence-corrected chi connectivity index (χ2v) is 6.47. The van der Waals surface area contributed by atoms with Crippen molar-refractivity contribution in [2.75, 3.05) is 18.2 Å². The van der Waals surface area contributed by atoms with Gasteiger partial charge in [-0.1, -0.05) is 30.3 Å². The van der Waals surface area contributed by atoms with Crippen LogP contribution in [-0.4, -0.2) is 24.7 Å². The van der Waals surface area contributed by atoms with E-state index in [0.717, 1.165) is 11.3 Å². The van der Waals surface area contributed by atoms with Gasteiger partial charge >= 0.3 is 5.97 Å². The second kappa shape index (κ2) is 8.55. The number of aryl methyl sites for hydroxylation is 2. The van der Waals surface area contributed by atoms with Crippen LogP contribution in [-0.2, 0) is 15.3 Å². The van der Waals surface area contributed by atoms with E-state index in [9.17, 15) is 9.59 Å². The molecule has 0 aromatic heterocycles. The zero-order chi connectivity index (χ0) is 17.5. The van der Waals surface area contributed by atoms with Gasteiger partial charge in [0.1, 0.15) is 0 Å². The third kappa shape index (κ3) is 4.86. The summed E-state index contributed by atoms with van der Waals surface area (Å²) in [6.45, 7) is 3.95. The third-order valence-electron chi connectivity index (χ3n) is 3.68. The maximum absolute atomic E-state index is 12.1. The van der Waals surface area contributed by atoms with Crippen molar-refractivity contribution < 1.29 is 14.3 Å². The molecule has 0 aliphatic rings. The second-order valence-electron chi connectivity index (χ2n) is 5.49. The lowest BCUT2D eigenvalue weighted by atomic mass is 10.1. The van der Waals surface area contributed by atoms with Crippen molar-refractivity contribution in [1.82, 2.24) is 0 Å². The van der Waals surface area contributed by atoms with Gasteiger partial charge in [-0.3, -0.25) is 4.79 Å². The summed E-state index contributed by atoms with van der Waals surface area (Å²) in [6, 6.07) is 13.3. The molecule has 0 heterocycles. The smallest absolute Gasteiger partial charge is 0.337 e. The number of benzene rings is 2. The van der Waals surface area contributed by atoms with E-state index in [0.29, 0.717) is 17.0 Å². The molecular formula is C19H21NO3S. The molecule has 5 heteroatoms. The van der Waals surface area contributed by atoms with Crippen molar-refractivity contribution >= 4 is 29.3 Å². The number of thioether (sulfide) groups is 1. The highest BCUT2D eigenvalue weighted by atomic mass is 32.2. The average molecular weight is 343 g/mol. The van der Waals surface area contributed by atoms with E-state index in [4.69, 9.17) is 4.74 Å². The largest absolute Gasteiger partial charge is 0.465 e. The molecule has 2 aromatic rings. The van der Waals surface area contributed by atoms with Gasteiger partial charge < -0.3 is 10.1 Å². The first-order chi connectivity index (χ1) is 11.5. The number of rotatable bonds is 6. The molecule has 0 saturated carbocycles. The summed E-state index contributed by atoms with van der Waals surface area (Å²) < 4.78 is 4.71. The normalized spacial score (nSPS) is 10.3. The minimum absolute atomic E-state index is 0.0845. The summed E-state index contributed by atoms with van der Waals surface area (Å²) in [7, 11) is 1.34. The Morgan fingerprint density at radius 2 is 1.83 bits per heavy atom. The monoisotopic (exact) mass is 343 g/mol. The Hall–Kier alpha value is -2.27. The fourth-order valence-electron chi connectivity index (χ4n) is 2.21. The summed E-state index contributed by atoms with van der Waals surface area (Å²) in [5.74, 6) is 0.649. The van der Waals surface area contributed by atoms with Gasteiger partial charge in [-0.15, -0.1) is 11.8 Å². The lowest BCUT2D eigenvalue weighted by Gasteiger charge is -2.10. The Kier molecular flexibility index (Phi) is 6.44. The van der Waals surface area contributed by atoms with E-state index >= 15 is 0 Å². The molecule has 1 amide bonds. The van der Waals surface area contributed by atoms with Crippen molar-refractivity contribution in [3.63, 3.8) is 0 Å². The van der Waals surface area contributed by atoms with Gasteiger partial charge in [0.2, 0.25) is 5.91 Å². The topological polar surface area (TPSA) is 55.4 Å². The van der Waals surface area contributed by atoms with E-state index in [2.05, 4.69) is 24.4 Å². The minimum Gasteiger partial charge on any atom is -0.465 e. The van der Waals surface area contributed by atoms with Crippen molar-refractivity contribution in [3.8, 4) is 0 Å². The highest BCUT2D eigenvalue weighted by Gasteiger charge is 2.10. The fourth-order valence-corrected chi connectivity index (χ4v) is 3.12. The first kappa shape index (κ1) is 18.1. The predicted molar refractivity (Wildman–Crippen MR) is 98.5 cm³/mol. The summed E-state index contributed by atoms with van der Waals surface area (Å²) >= 11 is 1.57. The third-order valence-corrected chi connectivity index (χ3v) is 4.67. The first-order valence-corrected chi connectivity index (χ1v) is 8.78. The van der Waals surface area contributed by atoms with Crippen LogP contribution in [0.1, 0.15) is 27.0 Å². The van der Waals surface area contributed by atoms with Gasteiger partial charge in [0.15, 0.2) is 0 Å². The standard InChI is InChI=1S/C19H21NO3S/c1-13-6-4-5-7-16(13)11-24-12-18(21)20-17-10-15(19(22)23-3)9-8-14(17)2/h4-10H,11-12H2,1-3H3,(H,20,21). The Morgan fingerprint density at radius 3 is 2.54 bits per heavy atom. The molecule has 0 spiro atoms. The predicted octanol–water partition coefficient (Wildman–Crippen LogP) is 3.96. The van der Waals surface area contributed by atoms with Gasteiger partial charge in [-0.05, 0) is 42.7 Å². The highest BCUT2D eigenvalue weighted by molar-refractivity contribution is 7.99. The number of carbonyl (C=O) groups is 2. The van der Waals surface area contributed by atoms with Gasteiger partial charge in [0.25, 0.3) is 0 Å². The average Bonchev–Trinajstić information content (AvgIpc) is 2.58. The van der Waals surface area contributed by atoms with Crippen LogP contribution < -0.4 is 5.32 Å². The van der Waals surface area contributed by atoms with Crippen LogP contribution in [0.3, 0.4) is 0 Å². The van der Waals surface area contributed by atoms with E-state index in [1.54, 1.807) is 30.0 Å². The minimum atomic E-state index is -0.417. The number of amides is 1. The summed E-state index contributed by atoms with van der Waals surface area (Å²) in [5, 5.41) is 2.86. The van der Waals surface area contributed by atoms with Crippen LogP contribution in [0, 0.1) is 13.8 Å². The number of anilines is 1. The molecule has 0 fully saturated rings. The quantitative estimate of drug-likeness (QED) is 0.807. The van der Waals surface area contributed by atoms with E-state index < -0.39 is 5.97 Å². The maximum Gasteiger partial charge on any atom is 0.337 e.